The number of aromatic nitrogens is 2. The summed E-state index contributed by atoms with van der Waals surface area (Å²) in [6.45, 7) is 2.57. The number of pyridine rings is 2. The van der Waals surface area contributed by atoms with E-state index in [9.17, 15) is 9.59 Å². The highest BCUT2D eigenvalue weighted by Crippen LogP contribution is 2.34. The Morgan fingerprint density at radius 3 is 2.33 bits per heavy atom. The normalized spacial score (nSPS) is 10.7. The van der Waals surface area contributed by atoms with E-state index in [4.69, 9.17) is 10.7 Å². The van der Waals surface area contributed by atoms with Crippen LogP contribution in [0.1, 0.15) is 23.0 Å². The Morgan fingerprint density at radius 1 is 0.909 bits per heavy atom. The summed E-state index contributed by atoms with van der Waals surface area (Å²) in [4.78, 5) is 33.1. The molecule has 4 aromatic rings. The maximum Gasteiger partial charge on any atom is 0.270 e. The van der Waals surface area contributed by atoms with E-state index in [1.807, 2.05) is 60.7 Å². The van der Waals surface area contributed by atoms with Crippen molar-refractivity contribution in [1.82, 2.24) is 20.6 Å². The Bertz CT molecular complexity index is 1290. The van der Waals surface area contributed by atoms with E-state index in [1.165, 1.54) is 6.92 Å². The van der Waals surface area contributed by atoms with Gasteiger partial charge in [-0.2, -0.15) is 0 Å². The number of nitrogens with zero attached hydrogens (tertiary/aromatic N) is 2. The molecule has 0 aliphatic heterocycles. The number of rotatable bonds is 7. The topological polar surface area (TPSA) is 110 Å². The lowest BCUT2D eigenvalue weighted by molar-refractivity contribution is -0.118. The van der Waals surface area contributed by atoms with Gasteiger partial charge in [0.1, 0.15) is 5.69 Å². The van der Waals surface area contributed by atoms with Gasteiger partial charge in [0, 0.05) is 49.3 Å². The summed E-state index contributed by atoms with van der Waals surface area (Å²) in [5.74, 6) is -0.455. The molecule has 7 heteroatoms. The van der Waals surface area contributed by atoms with Crippen LogP contribution in [-0.2, 0) is 11.3 Å². The largest absolute Gasteiger partial charge is 0.355 e. The average Bonchev–Trinajstić information content (AvgIpc) is 2.85. The molecule has 7 nitrogen and oxygen atoms in total. The Labute approximate surface area is 192 Å². The van der Waals surface area contributed by atoms with Crippen molar-refractivity contribution in [2.75, 3.05) is 13.1 Å². The summed E-state index contributed by atoms with van der Waals surface area (Å²) in [5.41, 5.74) is 11.5. The molecule has 166 valence electrons. The van der Waals surface area contributed by atoms with Crippen molar-refractivity contribution in [3.05, 3.63) is 84.2 Å². The molecule has 0 spiro atoms. The van der Waals surface area contributed by atoms with Crippen molar-refractivity contribution < 1.29 is 9.59 Å². The molecule has 2 aromatic carbocycles. The molecule has 0 fully saturated rings. The van der Waals surface area contributed by atoms with Gasteiger partial charge < -0.3 is 16.4 Å². The molecule has 0 radical (unpaired) electrons. The van der Waals surface area contributed by atoms with Crippen LogP contribution < -0.4 is 16.4 Å². The molecular formula is C26H25N5O2. The maximum absolute atomic E-state index is 12.9. The smallest absolute Gasteiger partial charge is 0.270 e. The van der Waals surface area contributed by atoms with Crippen molar-refractivity contribution in [2.45, 2.75) is 13.5 Å². The first kappa shape index (κ1) is 22.1. The Balaban J connectivity index is 1.79. The predicted octanol–water partition coefficient (Wildman–Crippen LogP) is 3.29. The lowest BCUT2D eigenvalue weighted by atomic mass is 9.96. The van der Waals surface area contributed by atoms with Gasteiger partial charge in [0.15, 0.2) is 0 Å². The minimum atomic E-state index is -0.313. The second kappa shape index (κ2) is 10.0. The van der Waals surface area contributed by atoms with Gasteiger partial charge in [0.25, 0.3) is 5.91 Å². The maximum atomic E-state index is 12.9. The summed E-state index contributed by atoms with van der Waals surface area (Å²) in [6.07, 6.45) is 1.58. The lowest BCUT2D eigenvalue weighted by Gasteiger charge is -2.14. The van der Waals surface area contributed by atoms with E-state index >= 15 is 0 Å². The quantitative estimate of drug-likeness (QED) is 0.383. The lowest BCUT2D eigenvalue weighted by Crippen LogP contribution is -2.34. The molecule has 2 aromatic heterocycles. The number of carbonyl (C=O) groups is 2. The molecule has 0 saturated carbocycles. The molecule has 0 bridgehead atoms. The van der Waals surface area contributed by atoms with Crippen molar-refractivity contribution in [3.63, 3.8) is 0 Å². The second-order valence-electron chi connectivity index (χ2n) is 7.62. The van der Waals surface area contributed by atoms with Crippen LogP contribution in [0.3, 0.4) is 0 Å². The first-order chi connectivity index (χ1) is 16.1. The van der Waals surface area contributed by atoms with Gasteiger partial charge in [-0.3, -0.25) is 14.6 Å². The van der Waals surface area contributed by atoms with Gasteiger partial charge in [-0.15, -0.1) is 0 Å². The summed E-state index contributed by atoms with van der Waals surface area (Å²) in [6, 6.07) is 21.7. The molecule has 33 heavy (non-hydrogen) atoms. The van der Waals surface area contributed by atoms with Crippen LogP contribution in [0.4, 0.5) is 0 Å². The van der Waals surface area contributed by atoms with E-state index in [2.05, 4.69) is 15.6 Å². The van der Waals surface area contributed by atoms with E-state index in [0.29, 0.717) is 36.2 Å². The van der Waals surface area contributed by atoms with E-state index in [-0.39, 0.29) is 11.8 Å². The van der Waals surface area contributed by atoms with Crippen molar-refractivity contribution in [1.29, 1.82) is 0 Å². The third kappa shape index (κ3) is 5.05. The van der Waals surface area contributed by atoms with Crippen LogP contribution in [0.25, 0.3) is 33.3 Å². The third-order valence-corrected chi connectivity index (χ3v) is 5.29. The van der Waals surface area contributed by atoms with Gasteiger partial charge in [0.2, 0.25) is 5.91 Å². The zero-order valence-electron chi connectivity index (χ0n) is 18.3. The highest BCUT2D eigenvalue weighted by Gasteiger charge is 2.17. The molecule has 2 amide bonds. The van der Waals surface area contributed by atoms with Gasteiger partial charge in [-0.05, 0) is 23.3 Å². The number of nitrogens with two attached hydrogens (primary N) is 1. The van der Waals surface area contributed by atoms with Crippen LogP contribution in [0.15, 0.2) is 72.9 Å². The number of fused-ring (bicyclic) bond motifs is 1. The van der Waals surface area contributed by atoms with Crippen molar-refractivity contribution in [3.8, 4) is 22.4 Å². The molecule has 0 aliphatic carbocycles. The molecular weight excluding hydrogens is 414 g/mol. The van der Waals surface area contributed by atoms with Crippen LogP contribution in [0.5, 0.6) is 0 Å². The Morgan fingerprint density at radius 2 is 1.64 bits per heavy atom. The summed E-state index contributed by atoms with van der Waals surface area (Å²) >= 11 is 0. The zero-order chi connectivity index (χ0) is 23.2. The highest BCUT2D eigenvalue weighted by atomic mass is 16.2. The van der Waals surface area contributed by atoms with Gasteiger partial charge in [-0.1, -0.05) is 54.6 Å². The van der Waals surface area contributed by atoms with Gasteiger partial charge in [-0.25, -0.2) is 4.98 Å². The molecule has 0 saturated heterocycles. The third-order valence-electron chi connectivity index (χ3n) is 5.29. The van der Waals surface area contributed by atoms with E-state index in [1.54, 1.807) is 12.3 Å². The number of hydrogen-bond donors (Lipinski definition) is 3. The number of nitrogens with one attached hydrogen (secondary N) is 2. The Hall–Kier alpha value is -4.10. The average molecular weight is 440 g/mol. The molecule has 4 rings (SSSR count). The van der Waals surface area contributed by atoms with Crippen LogP contribution in [0.2, 0.25) is 0 Å². The number of benzene rings is 2. The van der Waals surface area contributed by atoms with E-state index < -0.39 is 0 Å². The van der Waals surface area contributed by atoms with Gasteiger partial charge >= 0.3 is 0 Å². The molecule has 0 aliphatic rings. The first-order valence-electron chi connectivity index (χ1n) is 10.7. The fraction of sp³-hybridized carbons (Fsp3) is 0.154. The number of carbonyl (C=O) groups excluding carboxylic acids is 2. The molecule has 4 N–H and O–H groups in total. The second-order valence-corrected chi connectivity index (χ2v) is 7.62. The molecule has 0 unspecified atom stereocenters. The van der Waals surface area contributed by atoms with Crippen LogP contribution >= 0.6 is 0 Å². The van der Waals surface area contributed by atoms with Crippen molar-refractivity contribution in [2.24, 2.45) is 5.73 Å². The van der Waals surface area contributed by atoms with Gasteiger partial charge in [0.05, 0.1) is 11.2 Å². The minimum absolute atomic E-state index is 0.142. The number of hydrogen-bond acceptors (Lipinski definition) is 5. The predicted molar refractivity (Wildman–Crippen MR) is 129 cm³/mol. The highest BCUT2D eigenvalue weighted by molar-refractivity contribution is 6.06. The summed E-state index contributed by atoms with van der Waals surface area (Å²) in [5, 5.41) is 6.13. The molecule has 2 heterocycles. The fourth-order valence-electron chi connectivity index (χ4n) is 3.63. The first-order valence-corrected chi connectivity index (χ1v) is 10.7. The Kier molecular flexibility index (Phi) is 6.71. The fourth-order valence-corrected chi connectivity index (χ4v) is 3.63. The SMILES string of the molecule is CC(=O)NCCNC(=O)c1nccc2nc(-c3ccc(CN)cc3)c(-c3ccccc3)cc12. The summed E-state index contributed by atoms with van der Waals surface area (Å²) < 4.78 is 0. The minimum Gasteiger partial charge on any atom is -0.355 e. The number of amides is 2. The monoisotopic (exact) mass is 439 g/mol. The van der Waals surface area contributed by atoms with E-state index in [0.717, 1.165) is 27.9 Å². The standard InChI is InChI=1S/C26H25N5O2/c1-17(32)28-13-14-30-26(33)25-22-15-21(19-5-3-2-4-6-19)24(31-23(22)11-12-29-25)20-9-7-18(16-27)8-10-20/h2-12,15H,13-14,16,27H2,1H3,(H,28,32)(H,30,33). The summed E-state index contributed by atoms with van der Waals surface area (Å²) in [7, 11) is 0. The van der Waals surface area contributed by atoms with Crippen LogP contribution in [-0.4, -0.2) is 34.9 Å². The van der Waals surface area contributed by atoms with Crippen LogP contribution in [0, 0.1) is 0 Å². The van der Waals surface area contributed by atoms with Crippen molar-refractivity contribution >= 4 is 22.7 Å². The molecule has 0 atom stereocenters. The zero-order valence-corrected chi connectivity index (χ0v) is 18.3.